The number of carbonyl (C=O) groups excluding carboxylic acids is 1. The number of amides is 1. The molecule has 0 aliphatic rings. The van der Waals surface area contributed by atoms with Crippen LogP contribution in [0.2, 0.25) is 0 Å². The zero-order valence-electron chi connectivity index (χ0n) is 15.7. The van der Waals surface area contributed by atoms with Gasteiger partial charge in [-0.1, -0.05) is 37.3 Å². The first-order valence-electron chi connectivity index (χ1n) is 8.84. The zero-order valence-corrected chi connectivity index (χ0v) is 16.5. The third kappa shape index (κ3) is 6.30. The highest BCUT2D eigenvalue weighted by Gasteiger charge is 2.18. The Balaban J connectivity index is 1.73. The first-order chi connectivity index (χ1) is 12.6. The Hall–Kier alpha value is -2.14. The van der Waals surface area contributed by atoms with Crippen LogP contribution in [0, 0.1) is 6.92 Å². The maximum atomic E-state index is 12.3. The molecule has 1 atom stereocenters. The molecule has 0 heterocycles. The second-order valence-corrected chi connectivity index (χ2v) is 7.07. The van der Waals surface area contributed by atoms with Crippen molar-refractivity contribution >= 4 is 17.7 Å². The Morgan fingerprint density at radius 2 is 1.92 bits per heavy atom. The van der Waals surface area contributed by atoms with Gasteiger partial charge in [-0.25, -0.2) is 0 Å². The van der Waals surface area contributed by atoms with E-state index in [4.69, 9.17) is 9.47 Å². The van der Waals surface area contributed by atoms with Gasteiger partial charge >= 0.3 is 0 Å². The van der Waals surface area contributed by atoms with Crippen LogP contribution in [-0.4, -0.2) is 31.4 Å². The van der Waals surface area contributed by atoms with E-state index < -0.39 is 6.10 Å². The van der Waals surface area contributed by atoms with E-state index in [1.807, 2.05) is 36.9 Å². The number of hydrogen-bond donors (Lipinski definition) is 1. The summed E-state index contributed by atoms with van der Waals surface area (Å²) in [6.45, 7) is 4.70. The molecule has 1 N–H and O–H groups in total. The number of rotatable bonds is 10. The minimum atomic E-state index is -0.497. The molecule has 2 aromatic rings. The lowest BCUT2D eigenvalue weighted by Crippen LogP contribution is -2.39. The molecule has 0 bridgehead atoms. The summed E-state index contributed by atoms with van der Waals surface area (Å²) in [6, 6.07) is 15.7. The number of nitrogens with one attached hydrogen (secondary N) is 1. The number of thioether (sulfide) groups is 1. The van der Waals surface area contributed by atoms with Crippen LogP contribution in [0.4, 0.5) is 0 Å². The smallest absolute Gasteiger partial charge is 0.261 e. The van der Waals surface area contributed by atoms with Crippen LogP contribution in [0.5, 0.6) is 11.5 Å². The second-order valence-electron chi connectivity index (χ2n) is 5.96. The summed E-state index contributed by atoms with van der Waals surface area (Å²) in [6.07, 6.45) is 0.114. The number of ether oxygens (including phenoxy) is 2. The predicted molar refractivity (Wildman–Crippen MR) is 108 cm³/mol. The van der Waals surface area contributed by atoms with E-state index in [1.165, 1.54) is 11.1 Å². The summed E-state index contributed by atoms with van der Waals surface area (Å²) >= 11 is 1.82. The lowest BCUT2D eigenvalue weighted by molar-refractivity contribution is -0.127. The molecule has 4 nitrogen and oxygen atoms in total. The molecule has 140 valence electrons. The standard InChI is InChI=1S/C21H27NO3S/c1-4-20(25-19-11-7-10-18(14-19)24-3)21(23)22-12-13-26-15-17-9-6-5-8-16(17)2/h5-11,14,20H,4,12-13,15H2,1-3H3,(H,22,23). The molecular weight excluding hydrogens is 346 g/mol. The van der Waals surface area contributed by atoms with Gasteiger partial charge in [0, 0.05) is 24.1 Å². The van der Waals surface area contributed by atoms with Gasteiger partial charge in [-0.05, 0) is 36.6 Å². The number of methoxy groups -OCH3 is 1. The Morgan fingerprint density at radius 1 is 1.15 bits per heavy atom. The number of hydrogen-bond acceptors (Lipinski definition) is 4. The van der Waals surface area contributed by atoms with E-state index >= 15 is 0 Å². The quantitative estimate of drug-likeness (QED) is 0.634. The van der Waals surface area contributed by atoms with Gasteiger partial charge < -0.3 is 14.8 Å². The van der Waals surface area contributed by atoms with Gasteiger partial charge in [0.1, 0.15) is 11.5 Å². The van der Waals surface area contributed by atoms with Crippen LogP contribution >= 0.6 is 11.8 Å². The molecule has 5 heteroatoms. The molecule has 0 aromatic heterocycles. The van der Waals surface area contributed by atoms with E-state index in [0.717, 1.165) is 11.5 Å². The number of benzene rings is 2. The highest BCUT2D eigenvalue weighted by Crippen LogP contribution is 2.20. The van der Waals surface area contributed by atoms with Gasteiger partial charge in [0.25, 0.3) is 5.91 Å². The normalized spacial score (nSPS) is 11.7. The molecule has 0 saturated heterocycles. The third-order valence-corrected chi connectivity index (χ3v) is 5.06. The van der Waals surface area contributed by atoms with E-state index in [1.54, 1.807) is 13.2 Å². The number of aryl methyl sites for hydroxylation is 1. The van der Waals surface area contributed by atoms with Gasteiger partial charge in [-0.3, -0.25) is 4.79 Å². The van der Waals surface area contributed by atoms with Crippen molar-refractivity contribution in [1.29, 1.82) is 0 Å². The van der Waals surface area contributed by atoms with Crippen molar-refractivity contribution in [1.82, 2.24) is 5.32 Å². The van der Waals surface area contributed by atoms with E-state index in [-0.39, 0.29) is 5.91 Å². The lowest BCUT2D eigenvalue weighted by atomic mass is 10.1. The molecule has 1 amide bonds. The number of carbonyl (C=O) groups is 1. The first kappa shape index (κ1) is 20.2. The minimum absolute atomic E-state index is 0.0770. The fourth-order valence-electron chi connectivity index (χ4n) is 2.48. The SMILES string of the molecule is CCC(Oc1cccc(OC)c1)C(=O)NCCSCc1ccccc1C. The van der Waals surface area contributed by atoms with Crippen molar-refractivity contribution in [3.05, 3.63) is 59.7 Å². The molecule has 0 radical (unpaired) electrons. The topological polar surface area (TPSA) is 47.6 Å². The maximum Gasteiger partial charge on any atom is 0.261 e. The van der Waals surface area contributed by atoms with Gasteiger partial charge in [-0.15, -0.1) is 0 Å². The Kier molecular flexibility index (Phi) is 8.35. The van der Waals surface area contributed by atoms with Crippen molar-refractivity contribution in [2.45, 2.75) is 32.1 Å². The average molecular weight is 374 g/mol. The van der Waals surface area contributed by atoms with E-state index in [9.17, 15) is 4.79 Å². The predicted octanol–water partition coefficient (Wildman–Crippen LogP) is 4.21. The highest BCUT2D eigenvalue weighted by molar-refractivity contribution is 7.98. The van der Waals surface area contributed by atoms with Crippen molar-refractivity contribution in [2.75, 3.05) is 19.4 Å². The van der Waals surface area contributed by atoms with Gasteiger partial charge in [0.15, 0.2) is 6.10 Å². The van der Waals surface area contributed by atoms with Crippen LogP contribution < -0.4 is 14.8 Å². The van der Waals surface area contributed by atoms with Crippen LogP contribution in [0.25, 0.3) is 0 Å². The van der Waals surface area contributed by atoms with Crippen LogP contribution in [0.3, 0.4) is 0 Å². The Morgan fingerprint density at radius 3 is 2.65 bits per heavy atom. The lowest BCUT2D eigenvalue weighted by Gasteiger charge is -2.17. The van der Waals surface area contributed by atoms with Crippen molar-refractivity contribution in [2.24, 2.45) is 0 Å². The molecule has 0 fully saturated rings. The van der Waals surface area contributed by atoms with E-state index in [0.29, 0.717) is 24.5 Å². The highest BCUT2D eigenvalue weighted by atomic mass is 32.2. The molecule has 2 aromatic carbocycles. The molecule has 1 unspecified atom stereocenters. The summed E-state index contributed by atoms with van der Waals surface area (Å²) in [5.74, 6) is 3.10. The van der Waals surface area contributed by atoms with Crippen LogP contribution in [0.15, 0.2) is 48.5 Å². The first-order valence-corrected chi connectivity index (χ1v) is 10.00. The fraction of sp³-hybridized carbons (Fsp3) is 0.381. The molecular formula is C21H27NO3S. The van der Waals surface area contributed by atoms with Crippen LogP contribution in [-0.2, 0) is 10.5 Å². The molecule has 2 rings (SSSR count). The fourth-order valence-corrected chi connectivity index (χ4v) is 3.41. The third-order valence-electron chi connectivity index (χ3n) is 4.05. The summed E-state index contributed by atoms with van der Waals surface area (Å²) in [7, 11) is 1.61. The minimum Gasteiger partial charge on any atom is -0.497 e. The summed E-state index contributed by atoms with van der Waals surface area (Å²) < 4.78 is 11.0. The van der Waals surface area contributed by atoms with E-state index in [2.05, 4.69) is 36.5 Å². The zero-order chi connectivity index (χ0) is 18.8. The summed E-state index contributed by atoms with van der Waals surface area (Å²) in [4.78, 5) is 12.3. The largest absolute Gasteiger partial charge is 0.497 e. The molecule has 0 aliphatic heterocycles. The van der Waals surface area contributed by atoms with Crippen LogP contribution in [0.1, 0.15) is 24.5 Å². The summed E-state index contributed by atoms with van der Waals surface area (Å²) in [5.41, 5.74) is 2.65. The Bertz CT molecular complexity index is 705. The maximum absolute atomic E-state index is 12.3. The summed E-state index contributed by atoms with van der Waals surface area (Å²) in [5, 5.41) is 2.97. The Labute approximate surface area is 160 Å². The van der Waals surface area contributed by atoms with Gasteiger partial charge in [0.2, 0.25) is 0 Å². The molecule has 0 aliphatic carbocycles. The average Bonchev–Trinajstić information content (AvgIpc) is 2.67. The van der Waals surface area contributed by atoms with Crippen molar-refractivity contribution < 1.29 is 14.3 Å². The second kappa shape index (κ2) is 10.8. The molecule has 26 heavy (non-hydrogen) atoms. The monoisotopic (exact) mass is 373 g/mol. The molecule has 0 spiro atoms. The van der Waals surface area contributed by atoms with Crippen molar-refractivity contribution in [3.8, 4) is 11.5 Å². The van der Waals surface area contributed by atoms with Crippen molar-refractivity contribution in [3.63, 3.8) is 0 Å². The van der Waals surface area contributed by atoms with Gasteiger partial charge in [0.05, 0.1) is 7.11 Å². The van der Waals surface area contributed by atoms with Gasteiger partial charge in [-0.2, -0.15) is 11.8 Å². The molecule has 0 saturated carbocycles.